The summed E-state index contributed by atoms with van der Waals surface area (Å²) in [6.45, 7) is 3.43. The fraction of sp³-hybridized carbons (Fsp3) is 0.333. The predicted octanol–water partition coefficient (Wildman–Crippen LogP) is 2.18. The average molecular weight is 457 g/mol. The summed E-state index contributed by atoms with van der Waals surface area (Å²) in [6.07, 6.45) is 0.318. The highest BCUT2D eigenvalue weighted by Gasteiger charge is 2.24. The van der Waals surface area contributed by atoms with Crippen molar-refractivity contribution in [3.63, 3.8) is 0 Å². The Kier molecular flexibility index (Phi) is 5.25. The lowest BCUT2D eigenvalue weighted by Gasteiger charge is -2.34. The third kappa shape index (κ3) is 3.62. The fourth-order valence-corrected chi connectivity index (χ4v) is 5.08. The van der Waals surface area contributed by atoms with Gasteiger partial charge in [0.05, 0.1) is 18.5 Å². The summed E-state index contributed by atoms with van der Waals surface area (Å²) >= 11 is 7.63. The van der Waals surface area contributed by atoms with Gasteiger partial charge in [0, 0.05) is 38.2 Å². The molecule has 3 aromatic heterocycles. The molecule has 1 aliphatic heterocycles. The van der Waals surface area contributed by atoms with E-state index >= 15 is 0 Å². The monoisotopic (exact) mass is 456 g/mol. The number of carbonyl (C=O) groups is 1. The lowest BCUT2D eigenvalue weighted by atomic mass is 10.1. The SMILES string of the molecule is Cn1c(=O)c2sccc2n2c(CN3CCN(C(=O)Cc4ccccc4Cl)CC3)nnc12. The van der Waals surface area contributed by atoms with Crippen LogP contribution in [0.15, 0.2) is 40.5 Å². The first kappa shape index (κ1) is 20.2. The maximum absolute atomic E-state index is 12.7. The Morgan fingerprint density at radius 1 is 1.13 bits per heavy atom. The maximum Gasteiger partial charge on any atom is 0.272 e. The maximum atomic E-state index is 12.7. The van der Waals surface area contributed by atoms with E-state index in [1.807, 2.05) is 45.0 Å². The number of thiophene rings is 1. The van der Waals surface area contributed by atoms with Gasteiger partial charge in [-0.3, -0.25) is 23.5 Å². The number of carbonyl (C=O) groups excluding carboxylic acids is 1. The van der Waals surface area contributed by atoms with E-state index in [9.17, 15) is 9.59 Å². The number of fused-ring (bicyclic) bond motifs is 3. The van der Waals surface area contributed by atoms with Crippen LogP contribution in [0.25, 0.3) is 16.0 Å². The van der Waals surface area contributed by atoms with Crippen molar-refractivity contribution in [3.8, 4) is 0 Å². The van der Waals surface area contributed by atoms with Crippen molar-refractivity contribution >= 4 is 44.8 Å². The normalized spacial score (nSPS) is 15.2. The van der Waals surface area contributed by atoms with E-state index < -0.39 is 0 Å². The number of benzene rings is 1. The topological polar surface area (TPSA) is 75.7 Å². The van der Waals surface area contributed by atoms with Gasteiger partial charge in [0.15, 0.2) is 5.82 Å². The first-order valence-electron chi connectivity index (χ1n) is 10.1. The molecule has 5 rings (SSSR count). The summed E-state index contributed by atoms with van der Waals surface area (Å²) in [5, 5.41) is 11.2. The Bertz CT molecular complexity index is 1330. The number of hydrogen-bond donors (Lipinski definition) is 0. The Hall–Kier alpha value is -2.75. The first-order valence-corrected chi connectivity index (χ1v) is 11.3. The second-order valence-electron chi connectivity index (χ2n) is 7.68. The third-order valence-corrected chi connectivity index (χ3v) is 7.05. The number of aromatic nitrogens is 4. The van der Waals surface area contributed by atoms with Gasteiger partial charge in [-0.1, -0.05) is 29.8 Å². The van der Waals surface area contributed by atoms with E-state index in [2.05, 4.69) is 15.1 Å². The number of halogens is 1. The van der Waals surface area contributed by atoms with Crippen LogP contribution < -0.4 is 5.56 Å². The van der Waals surface area contributed by atoms with E-state index in [1.165, 1.54) is 11.3 Å². The molecule has 0 unspecified atom stereocenters. The number of amides is 1. The zero-order valence-corrected chi connectivity index (χ0v) is 18.6. The minimum absolute atomic E-state index is 0.0536. The van der Waals surface area contributed by atoms with Crippen molar-refractivity contribution < 1.29 is 4.79 Å². The molecule has 0 N–H and O–H groups in total. The van der Waals surface area contributed by atoms with Crippen LogP contribution in [0.3, 0.4) is 0 Å². The van der Waals surface area contributed by atoms with Crippen LogP contribution in [-0.2, 0) is 24.8 Å². The fourth-order valence-electron chi connectivity index (χ4n) is 4.03. The highest BCUT2D eigenvalue weighted by atomic mass is 35.5. The molecular weight excluding hydrogens is 436 g/mol. The summed E-state index contributed by atoms with van der Waals surface area (Å²) in [4.78, 5) is 29.3. The number of rotatable bonds is 4. The molecule has 0 atom stereocenters. The van der Waals surface area contributed by atoms with Crippen LogP contribution in [0.1, 0.15) is 11.4 Å². The molecular formula is C21H21ClN6O2S. The Balaban J connectivity index is 1.29. The molecule has 1 aliphatic rings. The minimum atomic E-state index is -0.0536. The van der Waals surface area contributed by atoms with E-state index in [4.69, 9.17) is 11.6 Å². The summed E-state index contributed by atoms with van der Waals surface area (Å²) in [6, 6.07) is 9.41. The second-order valence-corrected chi connectivity index (χ2v) is 9.00. The molecule has 0 spiro atoms. The molecule has 1 aromatic carbocycles. The van der Waals surface area contributed by atoms with Crippen LogP contribution in [0.4, 0.5) is 0 Å². The van der Waals surface area contributed by atoms with Crippen LogP contribution >= 0.6 is 22.9 Å². The Morgan fingerprint density at radius 2 is 1.90 bits per heavy atom. The second kappa shape index (κ2) is 8.07. The molecule has 0 bridgehead atoms. The lowest BCUT2D eigenvalue weighted by Crippen LogP contribution is -2.48. The van der Waals surface area contributed by atoms with Crippen molar-refractivity contribution in [3.05, 3.63) is 62.5 Å². The van der Waals surface area contributed by atoms with Gasteiger partial charge < -0.3 is 4.90 Å². The van der Waals surface area contributed by atoms with E-state index in [0.717, 1.165) is 30.0 Å². The minimum Gasteiger partial charge on any atom is -0.340 e. The van der Waals surface area contributed by atoms with Gasteiger partial charge in [0.2, 0.25) is 11.7 Å². The van der Waals surface area contributed by atoms with Gasteiger partial charge in [-0.25, -0.2) is 0 Å². The van der Waals surface area contributed by atoms with Gasteiger partial charge in [-0.05, 0) is 23.1 Å². The van der Waals surface area contributed by atoms with Crippen molar-refractivity contribution in [1.29, 1.82) is 0 Å². The van der Waals surface area contributed by atoms with Gasteiger partial charge in [0.1, 0.15) is 4.70 Å². The molecule has 4 aromatic rings. The van der Waals surface area contributed by atoms with Gasteiger partial charge >= 0.3 is 0 Å². The van der Waals surface area contributed by atoms with Crippen LogP contribution in [-0.4, -0.2) is 61.1 Å². The molecule has 0 radical (unpaired) electrons. The molecule has 4 heterocycles. The molecule has 1 fully saturated rings. The third-order valence-electron chi connectivity index (χ3n) is 5.79. The highest BCUT2D eigenvalue weighted by Crippen LogP contribution is 2.21. The summed E-state index contributed by atoms with van der Waals surface area (Å²) in [5.74, 6) is 1.43. The Labute approximate surface area is 187 Å². The van der Waals surface area contributed by atoms with Crippen molar-refractivity contribution in [2.75, 3.05) is 26.2 Å². The molecule has 10 heteroatoms. The number of aryl methyl sites for hydroxylation is 1. The van der Waals surface area contributed by atoms with E-state index in [-0.39, 0.29) is 11.5 Å². The average Bonchev–Trinajstić information content (AvgIpc) is 3.41. The molecule has 160 valence electrons. The van der Waals surface area contributed by atoms with Gasteiger partial charge in [-0.2, -0.15) is 0 Å². The quantitative estimate of drug-likeness (QED) is 0.470. The summed E-state index contributed by atoms with van der Waals surface area (Å²) in [5.41, 5.74) is 1.65. The summed E-state index contributed by atoms with van der Waals surface area (Å²) < 4.78 is 4.20. The number of nitrogens with zero attached hydrogens (tertiary/aromatic N) is 6. The molecule has 1 saturated heterocycles. The number of piperazine rings is 1. The molecule has 0 saturated carbocycles. The zero-order valence-electron chi connectivity index (χ0n) is 17.0. The van der Waals surface area contributed by atoms with E-state index in [1.54, 1.807) is 11.6 Å². The van der Waals surface area contributed by atoms with E-state index in [0.29, 0.717) is 41.6 Å². The zero-order chi connectivity index (χ0) is 21.5. The van der Waals surface area contributed by atoms with Crippen molar-refractivity contribution in [2.24, 2.45) is 7.05 Å². The molecule has 1 amide bonds. The molecule has 0 aliphatic carbocycles. The highest BCUT2D eigenvalue weighted by molar-refractivity contribution is 7.17. The van der Waals surface area contributed by atoms with Crippen LogP contribution in [0.2, 0.25) is 5.02 Å². The summed E-state index contributed by atoms with van der Waals surface area (Å²) in [7, 11) is 1.72. The standard InChI is InChI=1S/C21H21ClN6O2S/c1-25-20(30)19-16(6-11-31-19)28-17(23-24-21(25)28)13-26-7-9-27(10-8-26)18(29)12-14-4-2-3-5-15(14)22/h2-6,11H,7-10,12-13H2,1H3. The van der Waals surface area contributed by atoms with Crippen LogP contribution in [0, 0.1) is 0 Å². The smallest absolute Gasteiger partial charge is 0.272 e. The largest absolute Gasteiger partial charge is 0.340 e. The molecule has 31 heavy (non-hydrogen) atoms. The van der Waals surface area contributed by atoms with Gasteiger partial charge in [0.25, 0.3) is 5.56 Å². The predicted molar refractivity (Wildman–Crippen MR) is 121 cm³/mol. The Morgan fingerprint density at radius 3 is 2.68 bits per heavy atom. The van der Waals surface area contributed by atoms with Crippen molar-refractivity contribution in [1.82, 2.24) is 29.0 Å². The van der Waals surface area contributed by atoms with Crippen molar-refractivity contribution in [2.45, 2.75) is 13.0 Å². The molecule has 8 nitrogen and oxygen atoms in total. The number of hydrogen-bond acceptors (Lipinski definition) is 6. The lowest BCUT2D eigenvalue weighted by molar-refractivity contribution is -0.132. The van der Waals surface area contributed by atoms with Crippen LogP contribution in [0.5, 0.6) is 0 Å². The van der Waals surface area contributed by atoms with Gasteiger partial charge in [-0.15, -0.1) is 21.5 Å². The first-order chi connectivity index (χ1) is 15.0.